The standard InChI is InChI=1S/C15H13N3O2/c1-18-14-4-2-10(6-11(14)3-5-15(18)20)13-7-12(8-19)16-9-17-13/h2,4,6-9H,3,5H2,1H3. The van der Waals surface area contributed by atoms with Crippen LogP contribution < -0.4 is 4.90 Å². The molecule has 0 spiro atoms. The molecular weight excluding hydrogens is 254 g/mol. The van der Waals surface area contributed by atoms with Crippen LogP contribution in [0.3, 0.4) is 0 Å². The van der Waals surface area contributed by atoms with E-state index in [0.717, 1.165) is 23.2 Å². The summed E-state index contributed by atoms with van der Waals surface area (Å²) in [5, 5.41) is 0. The Morgan fingerprint density at radius 2 is 2.05 bits per heavy atom. The van der Waals surface area contributed by atoms with Gasteiger partial charge in [0.2, 0.25) is 5.91 Å². The number of nitrogens with zero attached hydrogens (tertiary/aromatic N) is 3. The second-order valence-electron chi connectivity index (χ2n) is 4.74. The number of anilines is 1. The van der Waals surface area contributed by atoms with Crippen LogP contribution in [0.15, 0.2) is 30.6 Å². The van der Waals surface area contributed by atoms with Gasteiger partial charge in [-0.25, -0.2) is 9.97 Å². The average molecular weight is 267 g/mol. The summed E-state index contributed by atoms with van der Waals surface area (Å²) in [5.41, 5.74) is 4.06. The SMILES string of the molecule is CN1C(=O)CCc2cc(-c3cc(C=O)ncn3)ccc21. The molecule has 0 saturated carbocycles. The van der Waals surface area contributed by atoms with Gasteiger partial charge in [0, 0.05) is 24.7 Å². The van der Waals surface area contributed by atoms with Gasteiger partial charge >= 0.3 is 0 Å². The molecule has 0 aliphatic carbocycles. The Balaban J connectivity index is 2.04. The Morgan fingerprint density at radius 3 is 2.85 bits per heavy atom. The van der Waals surface area contributed by atoms with Crippen molar-refractivity contribution in [2.45, 2.75) is 12.8 Å². The summed E-state index contributed by atoms with van der Waals surface area (Å²) in [5.74, 6) is 0.135. The zero-order chi connectivity index (χ0) is 14.1. The van der Waals surface area contributed by atoms with Crippen LogP contribution in [-0.4, -0.2) is 29.2 Å². The highest BCUT2D eigenvalue weighted by molar-refractivity contribution is 5.96. The molecule has 2 aromatic rings. The smallest absolute Gasteiger partial charge is 0.227 e. The third-order valence-corrected chi connectivity index (χ3v) is 3.53. The van der Waals surface area contributed by atoms with E-state index in [2.05, 4.69) is 9.97 Å². The van der Waals surface area contributed by atoms with Crippen molar-refractivity contribution < 1.29 is 9.59 Å². The highest BCUT2D eigenvalue weighted by Crippen LogP contribution is 2.30. The number of carbonyl (C=O) groups excluding carboxylic acids is 2. The van der Waals surface area contributed by atoms with E-state index in [9.17, 15) is 9.59 Å². The van der Waals surface area contributed by atoms with Gasteiger partial charge < -0.3 is 4.90 Å². The Kier molecular flexibility index (Phi) is 3.02. The minimum atomic E-state index is 0.135. The van der Waals surface area contributed by atoms with Crippen LogP contribution in [0.5, 0.6) is 0 Å². The molecule has 1 aromatic carbocycles. The van der Waals surface area contributed by atoms with Crippen LogP contribution in [0.4, 0.5) is 5.69 Å². The van der Waals surface area contributed by atoms with Crippen molar-refractivity contribution in [1.82, 2.24) is 9.97 Å². The van der Waals surface area contributed by atoms with E-state index < -0.39 is 0 Å². The molecule has 5 heteroatoms. The summed E-state index contributed by atoms with van der Waals surface area (Å²) in [4.78, 5) is 32.2. The van der Waals surface area contributed by atoms with Crippen LogP contribution >= 0.6 is 0 Å². The lowest BCUT2D eigenvalue weighted by atomic mass is 9.98. The third-order valence-electron chi connectivity index (χ3n) is 3.53. The monoisotopic (exact) mass is 267 g/mol. The van der Waals surface area contributed by atoms with Crippen molar-refractivity contribution in [2.75, 3.05) is 11.9 Å². The minimum absolute atomic E-state index is 0.135. The quantitative estimate of drug-likeness (QED) is 0.779. The van der Waals surface area contributed by atoms with E-state index in [4.69, 9.17) is 0 Å². The average Bonchev–Trinajstić information content (AvgIpc) is 2.51. The topological polar surface area (TPSA) is 63.2 Å². The second kappa shape index (κ2) is 4.85. The van der Waals surface area contributed by atoms with E-state index in [1.54, 1.807) is 18.0 Å². The van der Waals surface area contributed by atoms with Crippen molar-refractivity contribution in [1.29, 1.82) is 0 Å². The number of benzene rings is 1. The number of rotatable bonds is 2. The number of carbonyl (C=O) groups is 2. The molecule has 5 nitrogen and oxygen atoms in total. The highest BCUT2D eigenvalue weighted by Gasteiger charge is 2.21. The lowest BCUT2D eigenvalue weighted by molar-refractivity contribution is -0.118. The Bertz CT molecular complexity index is 697. The van der Waals surface area contributed by atoms with E-state index >= 15 is 0 Å². The maximum Gasteiger partial charge on any atom is 0.227 e. The molecule has 100 valence electrons. The van der Waals surface area contributed by atoms with Crippen molar-refractivity contribution in [3.8, 4) is 11.3 Å². The number of aldehydes is 1. The molecule has 1 aliphatic heterocycles. The second-order valence-corrected chi connectivity index (χ2v) is 4.74. The van der Waals surface area contributed by atoms with Gasteiger partial charge in [-0.3, -0.25) is 9.59 Å². The van der Waals surface area contributed by atoms with Crippen LogP contribution in [0.2, 0.25) is 0 Å². The predicted octanol–water partition coefficient (Wildman–Crippen LogP) is 1.87. The van der Waals surface area contributed by atoms with Crippen LogP contribution in [0.25, 0.3) is 11.3 Å². The molecule has 1 amide bonds. The highest BCUT2D eigenvalue weighted by atomic mass is 16.2. The van der Waals surface area contributed by atoms with Gasteiger partial charge in [0.1, 0.15) is 12.0 Å². The fourth-order valence-electron chi connectivity index (χ4n) is 2.41. The molecule has 2 heterocycles. The first-order valence-corrected chi connectivity index (χ1v) is 6.36. The fraction of sp³-hybridized carbons (Fsp3) is 0.200. The molecule has 0 unspecified atom stereocenters. The molecule has 0 N–H and O–H groups in total. The first-order valence-electron chi connectivity index (χ1n) is 6.36. The summed E-state index contributed by atoms with van der Waals surface area (Å²) in [6, 6.07) is 7.51. The number of hydrogen-bond donors (Lipinski definition) is 0. The lowest BCUT2D eigenvalue weighted by Crippen LogP contribution is -2.30. The van der Waals surface area contributed by atoms with Crippen LogP contribution in [0.1, 0.15) is 22.5 Å². The number of aromatic nitrogens is 2. The minimum Gasteiger partial charge on any atom is -0.315 e. The van der Waals surface area contributed by atoms with Crippen molar-refractivity contribution in [2.24, 2.45) is 0 Å². The Hall–Kier alpha value is -2.56. The van der Waals surface area contributed by atoms with Crippen molar-refractivity contribution >= 4 is 17.9 Å². The van der Waals surface area contributed by atoms with Gasteiger partial charge in [-0.1, -0.05) is 6.07 Å². The van der Waals surface area contributed by atoms with Crippen molar-refractivity contribution in [3.05, 3.63) is 41.9 Å². The van der Waals surface area contributed by atoms with Gasteiger partial charge in [0.05, 0.1) is 5.69 Å². The zero-order valence-electron chi connectivity index (χ0n) is 11.0. The summed E-state index contributed by atoms with van der Waals surface area (Å²) < 4.78 is 0. The molecular formula is C15H13N3O2. The molecule has 0 bridgehead atoms. The van der Waals surface area contributed by atoms with Gasteiger partial charge in [0.15, 0.2) is 6.29 Å². The van der Waals surface area contributed by atoms with E-state index in [-0.39, 0.29) is 5.91 Å². The van der Waals surface area contributed by atoms with Gasteiger partial charge in [-0.05, 0) is 30.2 Å². The molecule has 20 heavy (non-hydrogen) atoms. The molecule has 3 rings (SSSR count). The maximum atomic E-state index is 11.7. The molecule has 1 aliphatic rings. The van der Waals surface area contributed by atoms with Gasteiger partial charge in [0.25, 0.3) is 0 Å². The van der Waals surface area contributed by atoms with E-state index in [1.165, 1.54) is 6.33 Å². The Morgan fingerprint density at radius 1 is 1.20 bits per heavy atom. The largest absolute Gasteiger partial charge is 0.315 e. The van der Waals surface area contributed by atoms with Gasteiger partial charge in [-0.2, -0.15) is 0 Å². The van der Waals surface area contributed by atoms with Gasteiger partial charge in [-0.15, -0.1) is 0 Å². The first kappa shape index (κ1) is 12.5. The number of amides is 1. The predicted molar refractivity (Wildman–Crippen MR) is 74.6 cm³/mol. The summed E-state index contributed by atoms with van der Waals surface area (Å²) in [6.07, 6.45) is 3.35. The first-order chi connectivity index (χ1) is 9.69. The normalized spacial score (nSPS) is 14.1. The van der Waals surface area contributed by atoms with Crippen LogP contribution in [-0.2, 0) is 11.2 Å². The number of hydrogen-bond acceptors (Lipinski definition) is 4. The fourth-order valence-corrected chi connectivity index (χ4v) is 2.41. The van der Waals surface area contributed by atoms with E-state index in [1.807, 2.05) is 18.2 Å². The molecule has 0 saturated heterocycles. The molecule has 0 atom stereocenters. The molecule has 0 radical (unpaired) electrons. The maximum absolute atomic E-state index is 11.7. The number of aryl methyl sites for hydroxylation is 1. The zero-order valence-corrected chi connectivity index (χ0v) is 11.0. The van der Waals surface area contributed by atoms with Crippen LogP contribution in [0, 0.1) is 0 Å². The van der Waals surface area contributed by atoms with E-state index in [0.29, 0.717) is 24.1 Å². The number of fused-ring (bicyclic) bond motifs is 1. The van der Waals surface area contributed by atoms with Crippen molar-refractivity contribution in [3.63, 3.8) is 0 Å². The third kappa shape index (κ3) is 2.07. The summed E-state index contributed by atoms with van der Waals surface area (Å²) >= 11 is 0. The Labute approximate surface area is 116 Å². The molecule has 1 aromatic heterocycles. The molecule has 0 fully saturated rings. The summed E-state index contributed by atoms with van der Waals surface area (Å²) in [6.45, 7) is 0. The summed E-state index contributed by atoms with van der Waals surface area (Å²) in [7, 11) is 1.79. The lowest BCUT2D eigenvalue weighted by Gasteiger charge is -2.26.